The summed E-state index contributed by atoms with van der Waals surface area (Å²) in [5.74, 6) is 0.170. The van der Waals surface area contributed by atoms with Crippen molar-refractivity contribution in [3.63, 3.8) is 0 Å². The number of aryl methyl sites for hydroxylation is 1. The van der Waals surface area contributed by atoms with E-state index >= 15 is 0 Å². The summed E-state index contributed by atoms with van der Waals surface area (Å²) in [6.07, 6.45) is 3.93. The Morgan fingerprint density at radius 1 is 1.38 bits per heavy atom. The van der Waals surface area contributed by atoms with Gasteiger partial charge in [0.1, 0.15) is 0 Å². The highest BCUT2D eigenvalue weighted by Gasteiger charge is 2.13. The molecule has 0 amide bonds. The van der Waals surface area contributed by atoms with E-state index in [0.29, 0.717) is 6.54 Å². The monoisotopic (exact) mass is 216 g/mol. The fraction of sp³-hybridized carbons (Fsp3) is 0.308. The van der Waals surface area contributed by atoms with Gasteiger partial charge in [-0.3, -0.25) is 4.79 Å². The highest BCUT2D eigenvalue weighted by Crippen LogP contribution is 2.08. The summed E-state index contributed by atoms with van der Waals surface area (Å²) in [7, 11) is 1.99. The zero-order valence-corrected chi connectivity index (χ0v) is 9.68. The zero-order valence-electron chi connectivity index (χ0n) is 9.68. The Bertz CT molecular complexity index is 426. The maximum atomic E-state index is 12.0. The van der Waals surface area contributed by atoms with Crippen LogP contribution in [0.1, 0.15) is 15.9 Å². The van der Waals surface area contributed by atoms with Crippen LogP contribution >= 0.6 is 0 Å². The van der Waals surface area contributed by atoms with Crippen molar-refractivity contribution in [2.75, 3.05) is 20.3 Å². The summed E-state index contributed by atoms with van der Waals surface area (Å²) in [5.41, 5.74) is 1.92. The largest absolute Gasteiger partial charge is 0.362 e. The summed E-state index contributed by atoms with van der Waals surface area (Å²) in [6.45, 7) is 3.24. The van der Waals surface area contributed by atoms with Gasteiger partial charge in [0.15, 0.2) is 5.78 Å². The number of nitrogens with zero attached hydrogens (tertiary/aromatic N) is 2. The molecule has 84 valence electrons. The Hall–Kier alpha value is -1.77. The van der Waals surface area contributed by atoms with E-state index in [1.807, 2.05) is 60.4 Å². The first-order valence-electron chi connectivity index (χ1n) is 5.37. The Balaban J connectivity index is 2.01. The fourth-order valence-corrected chi connectivity index (χ4v) is 1.79. The first kappa shape index (κ1) is 10.7. The van der Waals surface area contributed by atoms with Crippen LogP contribution in [0, 0.1) is 6.92 Å². The lowest BCUT2D eigenvalue weighted by molar-refractivity contribution is 0.0948. The lowest BCUT2D eigenvalue weighted by Crippen LogP contribution is -2.28. The van der Waals surface area contributed by atoms with Crippen LogP contribution in [0.3, 0.4) is 0 Å². The summed E-state index contributed by atoms with van der Waals surface area (Å²) >= 11 is 0. The Labute approximate surface area is 96.0 Å². The van der Waals surface area contributed by atoms with E-state index in [9.17, 15) is 4.79 Å². The van der Waals surface area contributed by atoms with Gasteiger partial charge in [0.25, 0.3) is 0 Å². The molecule has 3 nitrogen and oxygen atoms in total. The third-order valence-electron chi connectivity index (χ3n) is 2.62. The molecule has 1 aliphatic heterocycles. The van der Waals surface area contributed by atoms with Crippen molar-refractivity contribution in [2.45, 2.75) is 6.92 Å². The molecule has 0 unspecified atom stereocenters. The van der Waals surface area contributed by atoms with Gasteiger partial charge >= 0.3 is 0 Å². The van der Waals surface area contributed by atoms with Crippen molar-refractivity contribution in [2.24, 2.45) is 0 Å². The van der Waals surface area contributed by atoms with E-state index < -0.39 is 0 Å². The second kappa shape index (κ2) is 4.39. The Morgan fingerprint density at radius 3 is 2.81 bits per heavy atom. The highest BCUT2D eigenvalue weighted by molar-refractivity contribution is 5.97. The first-order valence-corrected chi connectivity index (χ1v) is 5.37. The summed E-state index contributed by atoms with van der Waals surface area (Å²) in [5, 5.41) is 0. The summed E-state index contributed by atoms with van der Waals surface area (Å²) in [4.78, 5) is 16.0. The van der Waals surface area contributed by atoms with E-state index in [4.69, 9.17) is 0 Å². The average Bonchev–Trinajstić information content (AvgIpc) is 2.64. The van der Waals surface area contributed by atoms with E-state index in [1.54, 1.807) is 0 Å². The van der Waals surface area contributed by atoms with Crippen molar-refractivity contribution in [3.8, 4) is 0 Å². The molecule has 1 aromatic rings. The molecule has 3 heteroatoms. The molecule has 0 saturated carbocycles. The van der Waals surface area contributed by atoms with Gasteiger partial charge in [-0.2, -0.15) is 0 Å². The van der Waals surface area contributed by atoms with Crippen molar-refractivity contribution >= 4 is 5.78 Å². The van der Waals surface area contributed by atoms with Crippen molar-refractivity contribution < 1.29 is 4.79 Å². The second-order valence-electron chi connectivity index (χ2n) is 4.24. The van der Waals surface area contributed by atoms with Crippen LogP contribution in [0.25, 0.3) is 0 Å². The quantitative estimate of drug-likeness (QED) is 0.720. The second-order valence-corrected chi connectivity index (χ2v) is 4.24. The van der Waals surface area contributed by atoms with Crippen LogP contribution in [0.5, 0.6) is 0 Å². The van der Waals surface area contributed by atoms with Crippen molar-refractivity contribution in [3.05, 3.63) is 47.8 Å². The van der Waals surface area contributed by atoms with Crippen molar-refractivity contribution in [1.82, 2.24) is 9.80 Å². The normalized spacial score (nSPS) is 14.6. The molecule has 0 atom stereocenters. The fourth-order valence-electron chi connectivity index (χ4n) is 1.79. The van der Waals surface area contributed by atoms with Crippen LogP contribution in [0.4, 0.5) is 0 Å². The smallest absolute Gasteiger partial charge is 0.182 e. The molecule has 1 aliphatic rings. The molecule has 1 aromatic carbocycles. The molecule has 0 radical (unpaired) electrons. The number of carbonyl (C=O) groups is 1. The van der Waals surface area contributed by atoms with Crippen LogP contribution in [0.15, 0.2) is 36.7 Å². The van der Waals surface area contributed by atoms with E-state index in [-0.39, 0.29) is 5.78 Å². The first-order chi connectivity index (χ1) is 7.65. The van der Waals surface area contributed by atoms with Gasteiger partial charge in [0, 0.05) is 25.0 Å². The van der Waals surface area contributed by atoms with Crippen LogP contribution in [0.2, 0.25) is 0 Å². The van der Waals surface area contributed by atoms with E-state index in [0.717, 1.165) is 17.8 Å². The number of Topliss-reactive ketones (excluding diaryl/α,β-unsaturated/α-hetero) is 1. The molecule has 0 fully saturated rings. The molecule has 2 rings (SSSR count). The predicted octanol–water partition coefficient (Wildman–Crippen LogP) is 1.85. The predicted molar refractivity (Wildman–Crippen MR) is 64.0 cm³/mol. The minimum absolute atomic E-state index is 0.170. The number of rotatable bonds is 3. The number of carbonyl (C=O) groups excluding carboxylic acids is 1. The number of ketones is 1. The van der Waals surface area contributed by atoms with Gasteiger partial charge in [-0.1, -0.05) is 23.8 Å². The standard InChI is InChI=1S/C13H16N2O/c1-11-4-3-5-12(8-11)13(16)9-15-7-6-14(2)10-15/h3-8H,9-10H2,1-2H3. The Morgan fingerprint density at radius 2 is 2.19 bits per heavy atom. The molecule has 16 heavy (non-hydrogen) atoms. The molecule has 0 bridgehead atoms. The molecule has 1 heterocycles. The van der Waals surface area contributed by atoms with Gasteiger partial charge < -0.3 is 9.80 Å². The van der Waals surface area contributed by atoms with Gasteiger partial charge in [-0.15, -0.1) is 0 Å². The maximum absolute atomic E-state index is 12.0. The number of hydrogen-bond acceptors (Lipinski definition) is 3. The highest BCUT2D eigenvalue weighted by atomic mass is 16.1. The molecular weight excluding hydrogens is 200 g/mol. The lowest BCUT2D eigenvalue weighted by Gasteiger charge is -2.17. The topological polar surface area (TPSA) is 23.6 Å². The van der Waals surface area contributed by atoms with Gasteiger partial charge in [-0.05, 0) is 13.0 Å². The average molecular weight is 216 g/mol. The minimum Gasteiger partial charge on any atom is -0.362 e. The lowest BCUT2D eigenvalue weighted by atomic mass is 10.1. The molecule has 0 aliphatic carbocycles. The van der Waals surface area contributed by atoms with Crippen LogP contribution in [-0.2, 0) is 0 Å². The van der Waals surface area contributed by atoms with Gasteiger partial charge in [0.2, 0.25) is 0 Å². The van der Waals surface area contributed by atoms with Gasteiger partial charge in [0.05, 0.1) is 13.2 Å². The third-order valence-corrected chi connectivity index (χ3v) is 2.62. The number of benzene rings is 1. The third kappa shape index (κ3) is 2.42. The van der Waals surface area contributed by atoms with Crippen LogP contribution in [-0.4, -0.2) is 35.8 Å². The summed E-state index contributed by atoms with van der Waals surface area (Å²) < 4.78 is 0. The van der Waals surface area contributed by atoms with Crippen molar-refractivity contribution in [1.29, 1.82) is 0 Å². The number of hydrogen-bond donors (Lipinski definition) is 0. The van der Waals surface area contributed by atoms with Crippen LogP contribution < -0.4 is 0 Å². The SMILES string of the molecule is Cc1cccc(C(=O)CN2C=CN(C)C2)c1. The van der Waals surface area contributed by atoms with E-state index in [1.165, 1.54) is 0 Å². The summed E-state index contributed by atoms with van der Waals surface area (Å²) in [6, 6.07) is 7.74. The maximum Gasteiger partial charge on any atom is 0.182 e. The Kier molecular flexibility index (Phi) is 2.95. The minimum atomic E-state index is 0.170. The molecule has 0 spiro atoms. The van der Waals surface area contributed by atoms with E-state index in [2.05, 4.69) is 0 Å². The molecule has 0 aromatic heterocycles. The molecular formula is C13H16N2O. The zero-order chi connectivity index (χ0) is 11.5. The molecule has 0 N–H and O–H groups in total. The van der Waals surface area contributed by atoms with Gasteiger partial charge in [-0.25, -0.2) is 0 Å². The molecule has 0 saturated heterocycles.